The zero-order chi connectivity index (χ0) is 14.5. The molecule has 0 aliphatic carbocycles. The van der Waals surface area contributed by atoms with E-state index in [4.69, 9.17) is 5.73 Å². The zero-order valence-electron chi connectivity index (χ0n) is 11.8. The van der Waals surface area contributed by atoms with Crippen LogP contribution in [0.25, 0.3) is 0 Å². The van der Waals surface area contributed by atoms with Crippen molar-refractivity contribution in [3.8, 4) is 0 Å². The van der Waals surface area contributed by atoms with Crippen molar-refractivity contribution in [3.63, 3.8) is 0 Å². The number of hydrogen-bond acceptors (Lipinski definition) is 3. The summed E-state index contributed by atoms with van der Waals surface area (Å²) in [7, 11) is 0. The number of carbonyl (C=O) groups excluding carboxylic acids is 2. The predicted octanol–water partition coefficient (Wildman–Crippen LogP) is 0.492. The van der Waals surface area contributed by atoms with Crippen LogP contribution in [0.5, 0.6) is 0 Å². The molecule has 1 aromatic rings. The lowest BCUT2D eigenvalue weighted by molar-refractivity contribution is -0.119. The number of aryl methyl sites for hydroxylation is 1. The number of carbonyl (C=O) groups is 2. The number of benzene rings is 1. The molecule has 1 saturated heterocycles. The topological polar surface area (TPSA) is 66.6 Å². The summed E-state index contributed by atoms with van der Waals surface area (Å²) in [5, 5.41) is 0. The third-order valence-electron chi connectivity index (χ3n) is 3.65. The van der Waals surface area contributed by atoms with Gasteiger partial charge in [0.2, 0.25) is 5.91 Å². The average Bonchev–Trinajstić information content (AvgIpc) is 2.47. The number of hydrogen-bond donors (Lipinski definition) is 1. The van der Waals surface area contributed by atoms with Crippen LogP contribution in [0, 0.1) is 0 Å². The van der Waals surface area contributed by atoms with Gasteiger partial charge in [-0.3, -0.25) is 14.5 Å². The Hall–Kier alpha value is -1.88. The van der Waals surface area contributed by atoms with E-state index < -0.39 is 0 Å². The largest absolute Gasteiger partial charge is 0.369 e. The molecule has 108 valence electrons. The molecule has 20 heavy (non-hydrogen) atoms. The third-order valence-corrected chi connectivity index (χ3v) is 3.65. The Kier molecular flexibility index (Phi) is 4.74. The van der Waals surface area contributed by atoms with Gasteiger partial charge >= 0.3 is 0 Å². The molecule has 0 radical (unpaired) electrons. The maximum absolute atomic E-state index is 12.3. The van der Waals surface area contributed by atoms with Gasteiger partial charge in [0.25, 0.3) is 5.91 Å². The molecule has 0 spiro atoms. The Labute approximate surface area is 119 Å². The number of rotatable bonds is 4. The molecule has 0 unspecified atom stereocenters. The van der Waals surface area contributed by atoms with Crippen molar-refractivity contribution < 1.29 is 9.59 Å². The highest BCUT2D eigenvalue weighted by Gasteiger charge is 2.22. The molecule has 1 aromatic carbocycles. The summed E-state index contributed by atoms with van der Waals surface area (Å²) < 4.78 is 0. The minimum atomic E-state index is -0.320. The van der Waals surface area contributed by atoms with Gasteiger partial charge in [0.05, 0.1) is 6.54 Å². The maximum atomic E-state index is 12.3. The maximum Gasteiger partial charge on any atom is 0.253 e. The monoisotopic (exact) mass is 275 g/mol. The fraction of sp³-hybridized carbons (Fsp3) is 0.467. The summed E-state index contributed by atoms with van der Waals surface area (Å²) in [6.45, 7) is 5.04. The van der Waals surface area contributed by atoms with Crippen LogP contribution in [0.1, 0.15) is 22.8 Å². The molecule has 2 rings (SSSR count). The van der Waals surface area contributed by atoms with E-state index in [0.717, 1.165) is 12.0 Å². The minimum Gasteiger partial charge on any atom is -0.369 e. The Morgan fingerprint density at radius 1 is 1.10 bits per heavy atom. The molecular formula is C15H21N3O2. The van der Waals surface area contributed by atoms with Crippen molar-refractivity contribution in [1.29, 1.82) is 0 Å². The predicted molar refractivity (Wildman–Crippen MR) is 77.4 cm³/mol. The van der Waals surface area contributed by atoms with E-state index in [9.17, 15) is 9.59 Å². The number of nitrogens with zero attached hydrogens (tertiary/aromatic N) is 2. The van der Waals surface area contributed by atoms with Crippen molar-refractivity contribution in [1.82, 2.24) is 9.80 Å². The molecular weight excluding hydrogens is 254 g/mol. The van der Waals surface area contributed by atoms with Gasteiger partial charge in [0, 0.05) is 31.7 Å². The van der Waals surface area contributed by atoms with Crippen LogP contribution >= 0.6 is 0 Å². The van der Waals surface area contributed by atoms with Crippen molar-refractivity contribution >= 4 is 11.8 Å². The summed E-state index contributed by atoms with van der Waals surface area (Å²) in [5.41, 5.74) is 7.13. The molecule has 0 bridgehead atoms. The second kappa shape index (κ2) is 6.52. The van der Waals surface area contributed by atoms with E-state index >= 15 is 0 Å². The van der Waals surface area contributed by atoms with E-state index in [1.807, 2.05) is 34.1 Å². The fourth-order valence-electron chi connectivity index (χ4n) is 2.40. The highest BCUT2D eigenvalue weighted by atomic mass is 16.2. The van der Waals surface area contributed by atoms with Gasteiger partial charge in [-0.2, -0.15) is 0 Å². The third kappa shape index (κ3) is 3.57. The van der Waals surface area contributed by atoms with E-state index in [-0.39, 0.29) is 18.4 Å². The second-order valence-corrected chi connectivity index (χ2v) is 5.09. The molecule has 5 nitrogen and oxygen atoms in total. The van der Waals surface area contributed by atoms with Gasteiger partial charge in [-0.25, -0.2) is 0 Å². The lowest BCUT2D eigenvalue weighted by atomic mass is 10.1. The lowest BCUT2D eigenvalue weighted by Gasteiger charge is -2.34. The van der Waals surface area contributed by atoms with Gasteiger partial charge < -0.3 is 10.6 Å². The summed E-state index contributed by atoms with van der Waals surface area (Å²) >= 11 is 0. The van der Waals surface area contributed by atoms with Gasteiger partial charge in [0.15, 0.2) is 0 Å². The van der Waals surface area contributed by atoms with Crippen molar-refractivity contribution in [3.05, 3.63) is 35.4 Å². The smallest absolute Gasteiger partial charge is 0.253 e. The zero-order valence-corrected chi connectivity index (χ0v) is 11.8. The van der Waals surface area contributed by atoms with Gasteiger partial charge in [0.1, 0.15) is 0 Å². The van der Waals surface area contributed by atoms with E-state index in [1.54, 1.807) is 0 Å². The summed E-state index contributed by atoms with van der Waals surface area (Å²) in [4.78, 5) is 27.0. The van der Waals surface area contributed by atoms with E-state index in [1.165, 1.54) is 5.56 Å². The number of amides is 2. The van der Waals surface area contributed by atoms with Crippen LogP contribution in [0.15, 0.2) is 24.3 Å². The summed E-state index contributed by atoms with van der Waals surface area (Å²) in [5.74, 6) is -0.258. The van der Waals surface area contributed by atoms with E-state index in [2.05, 4.69) is 6.92 Å². The highest BCUT2D eigenvalue weighted by Crippen LogP contribution is 2.10. The number of piperazine rings is 1. The van der Waals surface area contributed by atoms with Crippen LogP contribution < -0.4 is 5.73 Å². The van der Waals surface area contributed by atoms with Crippen molar-refractivity contribution in [2.45, 2.75) is 13.3 Å². The second-order valence-electron chi connectivity index (χ2n) is 5.09. The van der Waals surface area contributed by atoms with Gasteiger partial charge in [-0.1, -0.05) is 19.1 Å². The number of primary amides is 1. The Balaban J connectivity index is 1.92. The van der Waals surface area contributed by atoms with Crippen molar-refractivity contribution in [2.75, 3.05) is 32.7 Å². The first kappa shape index (κ1) is 14.5. The summed E-state index contributed by atoms with van der Waals surface area (Å²) in [6.07, 6.45) is 0.972. The fourth-order valence-corrected chi connectivity index (χ4v) is 2.40. The average molecular weight is 275 g/mol. The first-order chi connectivity index (χ1) is 9.60. The Morgan fingerprint density at radius 2 is 1.70 bits per heavy atom. The van der Waals surface area contributed by atoms with Crippen LogP contribution in [0.2, 0.25) is 0 Å². The SMILES string of the molecule is CCc1ccc(C(=O)N2CCN(CC(N)=O)CC2)cc1. The first-order valence-corrected chi connectivity index (χ1v) is 6.99. The Bertz CT molecular complexity index is 476. The first-order valence-electron chi connectivity index (χ1n) is 6.99. The normalized spacial score (nSPS) is 16.1. The lowest BCUT2D eigenvalue weighted by Crippen LogP contribution is -2.50. The molecule has 2 N–H and O–H groups in total. The Morgan fingerprint density at radius 3 is 2.20 bits per heavy atom. The quantitative estimate of drug-likeness (QED) is 0.869. The molecule has 1 heterocycles. The molecule has 5 heteroatoms. The number of nitrogens with two attached hydrogens (primary N) is 1. The van der Waals surface area contributed by atoms with Crippen molar-refractivity contribution in [2.24, 2.45) is 5.73 Å². The molecule has 1 aliphatic heterocycles. The standard InChI is InChI=1S/C15H21N3O2/c1-2-12-3-5-13(6-4-12)15(20)18-9-7-17(8-10-18)11-14(16)19/h3-6H,2,7-11H2,1H3,(H2,16,19). The van der Waals surface area contributed by atoms with Gasteiger partial charge in [-0.15, -0.1) is 0 Å². The van der Waals surface area contributed by atoms with Crippen LogP contribution in [-0.4, -0.2) is 54.3 Å². The van der Waals surface area contributed by atoms with Crippen LogP contribution in [-0.2, 0) is 11.2 Å². The summed E-state index contributed by atoms with van der Waals surface area (Å²) in [6, 6.07) is 7.76. The van der Waals surface area contributed by atoms with Crippen LogP contribution in [0.3, 0.4) is 0 Å². The van der Waals surface area contributed by atoms with Crippen LogP contribution in [0.4, 0.5) is 0 Å². The molecule has 0 atom stereocenters. The molecule has 1 fully saturated rings. The molecule has 1 aliphatic rings. The van der Waals surface area contributed by atoms with Gasteiger partial charge in [-0.05, 0) is 24.1 Å². The molecule has 2 amide bonds. The highest BCUT2D eigenvalue weighted by molar-refractivity contribution is 5.94. The molecule has 0 aromatic heterocycles. The van der Waals surface area contributed by atoms with E-state index in [0.29, 0.717) is 26.2 Å². The molecule has 0 saturated carbocycles. The minimum absolute atomic E-state index is 0.0615.